The van der Waals surface area contributed by atoms with Gasteiger partial charge in [0, 0.05) is 0 Å². The zero-order valence-electron chi connectivity index (χ0n) is 9.18. The summed E-state index contributed by atoms with van der Waals surface area (Å²) in [4.78, 5) is 24.7. The van der Waals surface area contributed by atoms with Crippen molar-refractivity contribution in [2.45, 2.75) is 0 Å². The zero-order chi connectivity index (χ0) is 12.3. The van der Waals surface area contributed by atoms with Crippen molar-refractivity contribution in [2.75, 3.05) is 19.7 Å². The third-order valence-corrected chi connectivity index (χ3v) is 2.52. The van der Waals surface area contributed by atoms with Crippen LogP contribution >= 0.6 is 0 Å². The Bertz CT molecular complexity index is 447. The van der Waals surface area contributed by atoms with Gasteiger partial charge in [0.15, 0.2) is 0 Å². The molecule has 1 aromatic rings. The van der Waals surface area contributed by atoms with Gasteiger partial charge in [0.25, 0.3) is 11.8 Å². The number of hydrazine groups is 1. The van der Waals surface area contributed by atoms with Crippen LogP contribution in [0.5, 0.6) is 5.75 Å². The summed E-state index contributed by atoms with van der Waals surface area (Å²) in [7, 11) is 0. The van der Waals surface area contributed by atoms with E-state index in [9.17, 15) is 9.59 Å². The van der Waals surface area contributed by atoms with Crippen LogP contribution in [-0.2, 0) is 4.79 Å². The maximum Gasteiger partial charge on any atom is 0.258 e. The summed E-state index contributed by atoms with van der Waals surface area (Å²) in [5, 5.41) is 0. The highest BCUT2D eigenvalue weighted by Gasteiger charge is 2.24. The second kappa shape index (κ2) is 4.84. The quantitative estimate of drug-likeness (QED) is 0.411. The first-order valence-electron chi connectivity index (χ1n) is 5.23. The lowest BCUT2D eigenvalue weighted by Gasteiger charge is -2.18. The van der Waals surface area contributed by atoms with Crippen molar-refractivity contribution in [3.05, 3.63) is 29.8 Å². The number of carbonyl (C=O) groups excluding carboxylic acids is 2. The van der Waals surface area contributed by atoms with Crippen LogP contribution < -0.4 is 16.0 Å². The van der Waals surface area contributed by atoms with E-state index in [0.29, 0.717) is 24.5 Å². The summed E-state index contributed by atoms with van der Waals surface area (Å²) in [5.41, 5.74) is 2.47. The lowest BCUT2D eigenvalue weighted by atomic mass is 10.2. The van der Waals surface area contributed by atoms with E-state index < -0.39 is 5.91 Å². The fourth-order valence-corrected chi connectivity index (χ4v) is 1.68. The Kier molecular flexibility index (Phi) is 3.24. The molecule has 6 heteroatoms. The van der Waals surface area contributed by atoms with E-state index in [-0.39, 0.29) is 12.5 Å². The Morgan fingerprint density at radius 3 is 3.00 bits per heavy atom. The van der Waals surface area contributed by atoms with Crippen molar-refractivity contribution < 1.29 is 14.3 Å². The van der Waals surface area contributed by atoms with E-state index in [0.717, 1.165) is 0 Å². The van der Waals surface area contributed by atoms with Gasteiger partial charge in [-0.2, -0.15) is 0 Å². The van der Waals surface area contributed by atoms with Gasteiger partial charge in [-0.3, -0.25) is 15.0 Å². The summed E-state index contributed by atoms with van der Waals surface area (Å²) in [6.45, 7) is 0.661. The summed E-state index contributed by atoms with van der Waals surface area (Å²) >= 11 is 0. The molecular formula is C11H13N3O3. The molecule has 0 saturated heterocycles. The van der Waals surface area contributed by atoms with Gasteiger partial charge in [0.05, 0.1) is 12.1 Å². The van der Waals surface area contributed by atoms with Crippen molar-refractivity contribution in [3.63, 3.8) is 0 Å². The molecule has 3 N–H and O–H groups in total. The van der Waals surface area contributed by atoms with Crippen LogP contribution in [0.3, 0.4) is 0 Å². The highest BCUT2D eigenvalue weighted by atomic mass is 16.5. The van der Waals surface area contributed by atoms with Crippen LogP contribution in [0.15, 0.2) is 24.3 Å². The first-order chi connectivity index (χ1) is 8.22. The minimum atomic E-state index is -0.405. The largest absolute Gasteiger partial charge is 0.491 e. The van der Waals surface area contributed by atoms with Crippen molar-refractivity contribution >= 4 is 11.8 Å². The Labute approximate surface area is 98.3 Å². The molecule has 2 amide bonds. The van der Waals surface area contributed by atoms with Crippen LogP contribution in [-0.4, -0.2) is 36.4 Å². The van der Waals surface area contributed by atoms with Crippen molar-refractivity contribution in [2.24, 2.45) is 5.84 Å². The van der Waals surface area contributed by atoms with Crippen molar-refractivity contribution in [1.82, 2.24) is 10.3 Å². The maximum atomic E-state index is 12.1. The molecule has 0 aromatic heterocycles. The second-order valence-electron chi connectivity index (χ2n) is 3.64. The van der Waals surface area contributed by atoms with Crippen LogP contribution in [0, 0.1) is 0 Å². The zero-order valence-corrected chi connectivity index (χ0v) is 9.18. The first-order valence-corrected chi connectivity index (χ1v) is 5.23. The summed E-state index contributed by atoms with van der Waals surface area (Å²) in [6, 6.07) is 6.97. The Morgan fingerprint density at radius 1 is 1.47 bits per heavy atom. The normalized spacial score (nSPS) is 14.6. The van der Waals surface area contributed by atoms with Gasteiger partial charge in [-0.05, 0) is 12.1 Å². The number of ether oxygens (including phenoxy) is 1. The highest BCUT2D eigenvalue weighted by Crippen LogP contribution is 2.22. The van der Waals surface area contributed by atoms with Gasteiger partial charge in [0.2, 0.25) is 0 Å². The van der Waals surface area contributed by atoms with Gasteiger partial charge in [-0.1, -0.05) is 12.1 Å². The lowest BCUT2D eigenvalue weighted by molar-refractivity contribution is -0.121. The van der Waals surface area contributed by atoms with Crippen molar-refractivity contribution in [1.29, 1.82) is 0 Å². The molecule has 1 aliphatic rings. The summed E-state index contributed by atoms with van der Waals surface area (Å²) < 4.78 is 5.44. The van der Waals surface area contributed by atoms with E-state index in [1.807, 2.05) is 5.43 Å². The number of hydrogen-bond donors (Lipinski definition) is 2. The fraction of sp³-hybridized carbons (Fsp3) is 0.273. The van der Waals surface area contributed by atoms with Gasteiger partial charge in [-0.25, -0.2) is 5.84 Å². The van der Waals surface area contributed by atoms with Gasteiger partial charge >= 0.3 is 0 Å². The SMILES string of the molecule is NNC(=O)CN1CCOc2ccccc2C1=O. The molecule has 0 unspecified atom stereocenters. The monoisotopic (exact) mass is 235 g/mol. The molecule has 6 nitrogen and oxygen atoms in total. The molecule has 0 saturated carbocycles. The number of amides is 2. The van der Waals surface area contributed by atoms with Crippen LogP contribution in [0.4, 0.5) is 0 Å². The molecule has 0 aliphatic carbocycles. The van der Waals surface area contributed by atoms with Gasteiger partial charge in [0.1, 0.15) is 18.9 Å². The number of carbonyl (C=O) groups is 2. The molecule has 17 heavy (non-hydrogen) atoms. The van der Waals surface area contributed by atoms with Crippen LogP contribution in [0.1, 0.15) is 10.4 Å². The number of fused-ring (bicyclic) bond motifs is 1. The predicted octanol–water partition coefficient (Wildman–Crippen LogP) is -0.489. The average Bonchev–Trinajstić information content (AvgIpc) is 2.51. The Balaban J connectivity index is 2.23. The Morgan fingerprint density at radius 2 is 2.24 bits per heavy atom. The molecule has 0 spiro atoms. The molecule has 0 radical (unpaired) electrons. The second-order valence-corrected chi connectivity index (χ2v) is 3.64. The van der Waals surface area contributed by atoms with E-state index >= 15 is 0 Å². The third kappa shape index (κ3) is 2.36. The number of nitrogens with one attached hydrogen (secondary N) is 1. The summed E-state index contributed by atoms with van der Waals surface area (Å²) in [5.74, 6) is 4.92. The first kappa shape index (κ1) is 11.4. The molecular weight excluding hydrogens is 222 g/mol. The fourth-order valence-electron chi connectivity index (χ4n) is 1.68. The topological polar surface area (TPSA) is 84.7 Å². The van der Waals surface area contributed by atoms with E-state index in [1.165, 1.54) is 4.90 Å². The van der Waals surface area contributed by atoms with Gasteiger partial charge in [-0.15, -0.1) is 0 Å². The van der Waals surface area contributed by atoms with Crippen molar-refractivity contribution in [3.8, 4) is 5.75 Å². The number of hydrogen-bond acceptors (Lipinski definition) is 4. The number of para-hydroxylation sites is 1. The molecule has 2 rings (SSSR count). The lowest BCUT2D eigenvalue weighted by Crippen LogP contribution is -2.43. The number of benzene rings is 1. The minimum Gasteiger partial charge on any atom is -0.491 e. The third-order valence-electron chi connectivity index (χ3n) is 2.52. The maximum absolute atomic E-state index is 12.1. The number of nitrogens with two attached hydrogens (primary N) is 1. The molecule has 0 fully saturated rings. The van der Waals surface area contributed by atoms with Crippen LogP contribution in [0.25, 0.3) is 0 Å². The van der Waals surface area contributed by atoms with E-state index in [1.54, 1.807) is 24.3 Å². The molecule has 0 bridgehead atoms. The standard InChI is InChI=1S/C11H13N3O3/c12-13-10(15)7-14-5-6-17-9-4-2-1-3-8(9)11(14)16/h1-4H,5-7,12H2,(H,13,15). The molecule has 0 atom stereocenters. The average molecular weight is 235 g/mol. The summed E-state index contributed by atoms with van der Waals surface area (Å²) in [6.07, 6.45) is 0. The van der Waals surface area contributed by atoms with E-state index in [4.69, 9.17) is 10.6 Å². The Hall–Kier alpha value is -2.08. The highest BCUT2D eigenvalue weighted by molar-refractivity contribution is 5.99. The molecule has 90 valence electrons. The molecule has 1 heterocycles. The van der Waals surface area contributed by atoms with Crippen LogP contribution in [0.2, 0.25) is 0 Å². The smallest absolute Gasteiger partial charge is 0.258 e. The number of rotatable bonds is 2. The molecule has 1 aromatic carbocycles. The number of nitrogens with zero attached hydrogens (tertiary/aromatic N) is 1. The predicted molar refractivity (Wildman–Crippen MR) is 60.2 cm³/mol. The molecule has 1 aliphatic heterocycles. The minimum absolute atomic E-state index is 0.0625. The van der Waals surface area contributed by atoms with E-state index in [2.05, 4.69) is 0 Å². The van der Waals surface area contributed by atoms with Gasteiger partial charge < -0.3 is 9.64 Å².